The average molecular weight is 255 g/mol. The molecule has 2 aromatic rings. The van der Waals surface area contributed by atoms with Crippen molar-refractivity contribution in [3.05, 3.63) is 50.9 Å². The average Bonchev–Trinajstić information content (AvgIpc) is 2.22. The summed E-state index contributed by atoms with van der Waals surface area (Å²) in [5.41, 5.74) is 4.95. The van der Waals surface area contributed by atoms with Crippen LogP contribution in [0.5, 0.6) is 0 Å². The molecule has 0 fully saturated rings. The van der Waals surface area contributed by atoms with Crippen LogP contribution in [0, 0.1) is 5.82 Å². The molecule has 0 radical (unpaired) electrons. The quantitative estimate of drug-likeness (QED) is 0.841. The lowest BCUT2D eigenvalue weighted by Crippen LogP contribution is -2.18. The van der Waals surface area contributed by atoms with E-state index < -0.39 is 11.5 Å². The SMILES string of the molecule is Nc1nc(Cc2c(F)cccc2Cl)[nH]c(=O)n1. The van der Waals surface area contributed by atoms with Gasteiger partial charge in [0.2, 0.25) is 5.95 Å². The molecule has 0 bridgehead atoms. The number of halogens is 2. The van der Waals surface area contributed by atoms with Crippen LogP contribution in [-0.2, 0) is 6.42 Å². The monoisotopic (exact) mass is 254 g/mol. The van der Waals surface area contributed by atoms with Gasteiger partial charge in [0.05, 0.1) is 0 Å². The van der Waals surface area contributed by atoms with Crippen molar-refractivity contribution < 1.29 is 4.39 Å². The molecule has 7 heteroatoms. The Bertz CT molecular complexity index is 593. The molecule has 0 saturated heterocycles. The van der Waals surface area contributed by atoms with E-state index >= 15 is 0 Å². The van der Waals surface area contributed by atoms with E-state index in [0.717, 1.165) is 0 Å². The first-order valence-electron chi connectivity index (χ1n) is 4.72. The maximum Gasteiger partial charge on any atom is 0.349 e. The molecule has 0 aliphatic rings. The van der Waals surface area contributed by atoms with Crippen molar-refractivity contribution in [2.45, 2.75) is 6.42 Å². The minimum atomic E-state index is -0.625. The van der Waals surface area contributed by atoms with Crippen molar-refractivity contribution in [3.8, 4) is 0 Å². The van der Waals surface area contributed by atoms with Gasteiger partial charge in [-0.1, -0.05) is 17.7 Å². The number of H-pyrrole nitrogens is 1. The topological polar surface area (TPSA) is 84.7 Å². The summed E-state index contributed by atoms with van der Waals surface area (Å²) >= 11 is 5.85. The third-order valence-corrected chi connectivity index (χ3v) is 2.48. The van der Waals surface area contributed by atoms with Crippen LogP contribution in [0.4, 0.5) is 10.3 Å². The fourth-order valence-corrected chi connectivity index (χ4v) is 1.63. The van der Waals surface area contributed by atoms with Crippen LogP contribution in [0.1, 0.15) is 11.4 Å². The van der Waals surface area contributed by atoms with Gasteiger partial charge in [-0.05, 0) is 12.1 Å². The van der Waals surface area contributed by atoms with Crippen molar-refractivity contribution in [1.29, 1.82) is 0 Å². The van der Waals surface area contributed by atoms with E-state index in [0.29, 0.717) is 0 Å². The molecular formula is C10H8ClFN4O. The van der Waals surface area contributed by atoms with E-state index in [1.165, 1.54) is 12.1 Å². The van der Waals surface area contributed by atoms with Gasteiger partial charge in [0.15, 0.2) is 0 Å². The summed E-state index contributed by atoms with van der Waals surface area (Å²) < 4.78 is 13.5. The lowest BCUT2D eigenvalue weighted by Gasteiger charge is -2.05. The normalized spacial score (nSPS) is 10.5. The summed E-state index contributed by atoms with van der Waals surface area (Å²) in [5.74, 6) is -0.402. The second-order valence-corrected chi connectivity index (χ2v) is 3.74. The van der Waals surface area contributed by atoms with Crippen LogP contribution in [0.25, 0.3) is 0 Å². The summed E-state index contributed by atoms with van der Waals surface area (Å²) in [6, 6.07) is 4.34. The Balaban J connectivity index is 2.41. The van der Waals surface area contributed by atoms with Crippen molar-refractivity contribution >= 4 is 17.5 Å². The molecule has 0 spiro atoms. The molecule has 5 nitrogen and oxygen atoms in total. The minimum absolute atomic E-state index is 0.0491. The standard InChI is InChI=1S/C10H8ClFN4O/c11-6-2-1-3-7(12)5(6)4-8-14-9(13)16-10(17)15-8/h1-3H,4H2,(H3,13,14,15,16,17). The summed E-state index contributed by atoms with van der Waals surface area (Å²) in [6.07, 6.45) is 0.0491. The highest BCUT2D eigenvalue weighted by Gasteiger charge is 2.10. The lowest BCUT2D eigenvalue weighted by molar-refractivity contribution is 0.612. The van der Waals surface area contributed by atoms with Crippen molar-refractivity contribution in [3.63, 3.8) is 0 Å². The molecule has 17 heavy (non-hydrogen) atoms. The number of nitrogen functional groups attached to an aromatic ring is 1. The molecule has 0 aliphatic heterocycles. The Morgan fingerprint density at radius 2 is 2.18 bits per heavy atom. The number of hydrogen-bond donors (Lipinski definition) is 2. The number of aromatic amines is 1. The van der Waals surface area contributed by atoms with E-state index in [9.17, 15) is 9.18 Å². The number of anilines is 1. The molecule has 1 aromatic heterocycles. The first-order valence-corrected chi connectivity index (χ1v) is 5.09. The van der Waals surface area contributed by atoms with E-state index in [-0.39, 0.29) is 28.8 Å². The molecule has 0 aliphatic carbocycles. The Morgan fingerprint density at radius 1 is 1.41 bits per heavy atom. The molecule has 2 rings (SSSR count). The highest BCUT2D eigenvalue weighted by molar-refractivity contribution is 6.31. The van der Waals surface area contributed by atoms with Crippen LogP contribution in [0.15, 0.2) is 23.0 Å². The molecule has 88 valence electrons. The third kappa shape index (κ3) is 2.59. The van der Waals surface area contributed by atoms with Gasteiger partial charge in [-0.3, -0.25) is 4.98 Å². The molecule has 3 N–H and O–H groups in total. The van der Waals surface area contributed by atoms with Crippen LogP contribution >= 0.6 is 11.6 Å². The van der Waals surface area contributed by atoms with Crippen molar-refractivity contribution in [1.82, 2.24) is 15.0 Å². The van der Waals surface area contributed by atoms with Gasteiger partial charge in [0.25, 0.3) is 0 Å². The van der Waals surface area contributed by atoms with Gasteiger partial charge >= 0.3 is 5.69 Å². The highest BCUT2D eigenvalue weighted by Crippen LogP contribution is 2.20. The number of nitrogens with two attached hydrogens (primary N) is 1. The fraction of sp³-hybridized carbons (Fsp3) is 0.100. The second-order valence-electron chi connectivity index (χ2n) is 3.34. The number of rotatable bonds is 2. The molecule has 1 heterocycles. The molecule has 0 saturated carbocycles. The summed E-state index contributed by atoms with van der Waals surface area (Å²) in [6.45, 7) is 0. The number of nitrogens with zero attached hydrogens (tertiary/aromatic N) is 2. The Hall–Kier alpha value is -1.95. The maximum absolute atomic E-state index is 13.5. The number of nitrogens with one attached hydrogen (secondary N) is 1. The Morgan fingerprint density at radius 3 is 2.82 bits per heavy atom. The van der Waals surface area contributed by atoms with E-state index in [1.54, 1.807) is 6.07 Å². The zero-order valence-corrected chi connectivity index (χ0v) is 9.33. The fourth-order valence-electron chi connectivity index (χ4n) is 1.40. The van der Waals surface area contributed by atoms with Crippen LogP contribution in [-0.4, -0.2) is 15.0 Å². The second kappa shape index (κ2) is 4.50. The lowest BCUT2D eigenvalue weighted by atomic mass is 10.1. The zero-order chi connectivity index (χ0) is 12.4. The van der Waals surface area contributed by atoms with Gasteiger partial charge in [-0.15, -0.1) is 0 Å². The third-order valence-electron chi connectivity index (χ3n) is 2.12. The van der Waals surface area contributed by atoms with Gasteiger partial charge in [0.1, 0.15) is 11.6 Å². The largest absolute Gasteiger partial charge is 0.368 e. The maximum atomic E-state index is 13.5. The van der Waals surface area contributed by atoms with Gasteiger partial charge in [-0.25, -0.2) is 9.18 Å². The summed E-state index contributed by atoms with van der Waals surface area (Å²) in [5, 5.41) is 0.267. The van der Waals surface area contributed by atoms with Crippen LogP contribution < -0.4 is 11.4 Å². The Labute approximate surface area is 100 Å². The predicted octanol–water partition coefficient (Wildman–Crippen LogP) is 1.13. The molecule has 0 amide bonds. The van der Waals surface area contributed by atoms with Crippen molar-refractivity contribution in [2.24, 2.45) is 0 Å². The molecule has 0 unspecified atom stereocenters. The summed E-state index contributed by atoms with van der Waals surface area (Å²) in [7, 11) is 0. The molecular weight excluding hydrogens is 247 g/mol. The predicted molar refractivity (Wildman–Crippen MR) is 61.3 cm³/mol. The smallest absolute Gasteiger partial charge is 0.349 e. The van der Waals surface area contributed by atoms with E-state index in [4.69, 9.17) is 17.3 Å². The zero-order valence-electron chi connectivity index (χ0n) is 8.58. The van der Waals surface area contributed by atoms with Gasteiger partial charge in [0, 0.05) is 17.0 Å². The van der Waals surface area contributed by atoms with E-state index in [2.05, 4.69) is 15.0 Å². The molecule has 1 aromatic carbocycles. The van der Waals surface area contributed by atoms with Gasteiger partial charge in [-0.2, -0.15) is 9.97 Å². The molecule has 0 atom stereocenters. The highest BCUT2D eigenvalue weighted by atomic mass is 35.5. The number of aromatic nitrogens is 3. The van der Waals surface area contributed by atoms with E-state index in [1.807, 2.05) is 0 Å². The number of hydrogen-bond acceptors (Lipinski definition) is 4. The first kappa shape index (κ1) is 11.5. The number of benzene rings is 1. The van der Waals surface area contributed by atoms with Gasteiger partial charge < -0.3 is 5.73 Å². The Kier molecular flexibility index (Phi) is 3.06. The van der Waals surface area contributed by atoms with Crippen LogP contribution in [0.3, 0.4) is 0 Å². The van der Waals surface area contributed by atoms with Crippen molar-refractivity contribution in [2.75, 3.05) is 5.73 Å². The van der Waals surface area contributed by atoms with Crippen LogP contribution in [0.2, 0.25) is 5.02 Å². The first-order chi connectivity index (χ1) is 8.06. The minimum Gasteiger partial charge on any atom is -0.368 e. The summed E-state index contributed by atoms with van der Waals surface area (Å²) in [4.78, 5) is 20.6.